The molecule has 0 amide bonds. The lowest BCUT2D eigenvalue weighted by Gasteiger charge is -2.08. The minimum Gasteiger partial charge on any atom is -0.271 e. The molecular formula is C12H10ClF4N3O2S. The van der Waals surface area contributed by atoms with E-state index >= 15 is 0 Å². The molecule has 0 aliphatic rings. The molecule has 0 bridgehead atoms. The smallest absolute Gasteiger partial charge is 0.271 e. The molecular weight excluding hydrogens is 362 g/mol. The fourth-order valence-electron chi connectivity index (χ4n) is 1.66. The van der Waals surface area contributed by atoms with Crippen molar-refractivity contribution >= 4 is 21.6 Å². The summed E-state index contributed by atoms with van der Waals surface area (Å²) in [5.74, 6) is -0.762. The monoisotopic (exact) mass is 371 g/mol. The van der Waals surface area contributed by atoms with Gasteiger partial charge in [-0.1, -0.05) is 11.6 Å². The largest absolute Gasteiger partial charge is 0.435 e. The first-order chi connectivity index (χ1) is 10.6. The maximum atomic E-state index is 13.0. The van der Waals surface area contributed by atoms with Gasteiger partial charge in [0.15, 0.2) is 5.69 Å². The molecule has 126 valence electrons. The van der Waals surface area contributed by atoms with Gasteiger partial charge in [0.1, 0.15) is 5.82 Å². The van der Waals surface area contributed by atoms with E-state index in [2.05, 4.69) is 9.82 Å². The Morgan fingerprint density at radius 1 is 1.26 bits per heavy atom. The summed E-state index contributed by atoms with van der Waals surface area (Å²) in [6.07, 6.45) is -3.47. The molecule has 1 N–H and O–H groups in total. The minimum absolute atomic E-state index is 0.107. The summed E-state index contributed by atoms with van der Waals surface area (Å²) in [7, 11) is -3.96. The highest BCUT2D eigenvalue weighted by Crippen LogP contribution is 2.27. The highest BCUT2D eigenvalue weighted by atomic mass is 35.5. The van der Waals surface area contributed by atoms with Gasteiger partial charge in [0.05, 0.1) is 16.5 Å². The molecule has 5 nitrogen and oxygen atoms in total. The Hall–Kier alpha value is -1.65. The molecule has 0 aliphatic heterocycles. The van der Waals surface area contributed by atoms with E-state index in [1.165, 1.54) is 0 Å². The van der Waals surface area contributed by atoms with Gasteiger partial charge in [-0.2, -0.15) is 18.3 Å². The minimum atomic E-state index is -4.56. The van der Waals surface area contributed by atoms with Crippen LogP contribution in [0.25, 0.3) is 0 Å². The van der Waals surface area contributed by atoms with E-state index in [0.29, 0.717) is 0 Å². The van der Waals surface area contributed by atoms with Gasteiger partial charge in [0, 0.05) is 12.7 Å². The second kappa shape index (κ2) is 6.46. The molecule has 2 rings (SSSR count). The van der Waals surface area contributed by atoms with Crippen LogP contribution in [-0.4, -0.2) is 24.7 Å². The van der Waals surface area contributed by atoms with E-state index in [9.17, 15) is 26.0 Å². The van der Waals surface area contributed by atoms with Crippen molar-refractivity contribution < 1.29 is 26.0 Å². The Balaban J connectivity index is 2.00. The summed E-state index contributed by atoms with van der Waals surface area (Å²) >= 11 is 5.51. The molecule has 23 heavy (non-hydrogen) atoms. The van der Waals surface area contributed by atoms with E-state index in [4.69, 9.17) is 11.6 Å². The number of hydrogen-bond acceptors (Lipinski definition) is 3. The van der Waals surface area contributed by atoms with Gasteiger partial charge < -0.3 is 0 Å². The quantitative estimate of drug-likeness (QED) is 0.822. The summed E-state index contributed by atoms with van der Waals surface area (Å²) in [5, 5.41) is 2.93. The molecule has 0 fully saturated rings. The summed E-state index contributed by atoms with van der Waals surface area (Å²) in [5.41, 5.74) is -1.06. The van der Waals surface area contributed by atoms with Crippen molar-refractivity contribution in [3.8, 4) is 0 Å². The zero-order valence-electron chi connectivity index (χ0n) is 11.3. The zero-order chi connectivity index (χ0) is 17.3. The van der Waals surface area contributed by atoms with Crippen molar-refractivity contribution in [1.82, 2.24) is 14.5 Å². The fraction of sp³-hybridized carbons (Fsp3) is 0.250. The van der Waals surface area contributed by atoms with Crippen LogP contribution < -0.4 is 4.72 Å². The first-order valence-electron chi connectivity index (χ1n) is 6.15. The number of hydrogen-bond donors (Lipinski definition) is 1. The van der Waals surface area contributed by atoms with Crippen LogP contribution in [0, 0.1) is 5.82 Å². The normalized spacial score (nSPS) is 12.6. The zero-order valence-corrected chi connectivity index (χ0v) is 12.9. The predicted octanol–water partition coefficient (Wildman–Crippen LogP) is 2.67. The van der Waals surface area contributed by atoms with Crippen molar-refractivity contribution in [3.05, 3.63) is 47.0 Å². The van der Waals surface area contributed by atoms with Crippen LogP contribution in [0.4, 0.5) is 17.6 Å². The van der Waals surface area contributed by atoms with Crippen LogP contribution in [0.3, 0.4) is 0 Å². The van der Waals surface area contributed by atoms with E-state index in [1.807, 2.05) is 0 Å². The average molecular weight is 372 g/mol. The summed E-state index contributed by atoms with van der Waals surface area (Å²) in [6.45, 7) is -0.305. The first kappa shape index (κ1) is 17.7. The van der Waals surface area contributed by atoms with Crippen LogP contribution >= 0.6 is 11.6 Å². The van der Waals surface area contributed by atoms with Gasteiger partial charge >= 0.3 is 6.18 Å². The number of sulfonamides is 1. The van der Waals surface area contributed by atoms with E-state index in [1.54, 1.807) is 0 Å². The number of benzene rings is 1. The summed E-state index contributed by atoms with van der Waals surface area (Å²) in [6, 6.07) is 3.66. The van der Waals surface area contributed by atoms with Crippen molar-refractivity contribution in [2.24, 2.45) is 0 Å². The Morgan fingerprint density at radius 2 is 1.96 bits per heavy atom. The third-order valence-electron chi connectivity index (χ3n) is 2.77. The second-order valence-electron chi connectivity index (χ2n) is 4.44. The van der Waals surface area contributed by atoms with Gasteiger partial charge in [-0.3, -0.25) is 4.68 Å². The highest BCUT2D eigenvalue weighted by Gasteiger charge is 2.33. The standard InChI is InChI=1S/C12H10ClF4N3O2S/c13-9-7-8(1-2-10(9)14)23(21,22)18-4-6-20-5-3-11(19-20)12(15,16)17/h1-3,5,7,18H,4,6H2. The molecule has 11 heteroatoms. The van der Waals surface area contributed by atoms with Gasteiger partial charge in [-0.15, -0.1) is 0 Å². The van der Waals surface area contributed by atoms with Crippen molar-refractivity contribution in [2.75, 3.05) is 6.54 Å². The molecule has 1 aromatic carbocycles. The topological polar surface area (TPSA) is 64.0 Å². The number of aromatic nitrogens is 2. The lowest BCUT2D eigenvalue weighted by Crippen LogP contribution is -2.27. The van der Waals surface area contributed by atoms with Crippen LogP contribution in [0.2, 0.25) is 5.02 Å². The summed E-state index contributed by atoms with van der Waals surface area (Å²) < 4.78 is 77.2. The van der Waals surface area contributed by atoms with E-state index in [-0.39, 0.29) is 23.0 Å². The molecule has 0 saturated heterocycles. The van der Waals surface area contributed by atoms with Gasteiger partial charge in [0.25, 0.3) is 0 Å². The van der Waals surface area contributed by atoms with Crippen molar-refractivity contribution in [3.63, 3.8) is 0 Å². The Kier molecular flexibility index (Phi) is 4.97. The van der Waals surface area contributed by atoms with Crippen molar-refractivity contribution in [1.29, 1.82) is 0 Å². The Bertz CT molecular complexity index is 805. The SMILES string of the molecule is O=S(=O)(NCCn1ccc(C(F)(F)F)n1)c1ccc(F)c(Cl)c1. The Labute approximate surface area is 133 Å². The fourth-order valence-corrected chi connectivity index (χ4v) is 2.95. The third-order valence-corrected chi connectivity index (χ3v) is 4.51. The molecule has 0 saturated carbocycles. The van der Waals surface area contributed by atoms with Crippen LogP contribution in [0.15, 0.2) is 35.4 Å². The second-order valence-corrected chi connectivity index (χ2v) is 6.61. The average Bonchev–Trinajstić information content (AvgIpc) is 2.90. The Morgan fingerprint density at radius 3 is 2.52 bits per heavy atom. The predicted molar refractivity (Wildman–Crippen MR) is 73.8 cm³/mol. The lowest BCUT2D eigenvalue weighted by molar-refractivity contribution is -0.141. The first-order valence-corrected chi connectivity index (χ1v) is 8.01. The number of alkyl halides is 3. The van der Waals surface area contributed by atoms with E-state index < -0.39 is 27.7 Å². The van der Waals surface area contributed by atoms with Gasteiger partial charge in [-0.25, -0.2) is 17.5 Å². The van der Waals surface area contributed by atoms with Crippen LogP contribution in [0.1, 0.15) is 5.69 Å². The molecule has 0 spiro atoms. The molecule has 1 aromatic heterocycles. The van der Waals surface area contributed by atoms with Gasteiger partial charge in [-0.05, 0) is 24.3 Å². The number of rotatable bonds is 5. The summed E-state index contributed by atoms with van der Waals surface area (Å²) in [4.78, 5) is -0.250. The number of nitrogens with one attached hydrogen (secondary N) is 1. The maximum Gasteiger partial charge on any atom is 0.435 e. The van der Waals surface area contributed by atoms with E-state index in [0.717, 1.165) is 35.1 Å². The number of nitrogens with zero attached hydrogens (tertiary/aromatic N) is 2. The van der Waals surface area contributed by atoms with Crippen LogP contribution in [0.5, 0.6) is 0 Å². The lowest BCUT2D eigenvalue weighted by atomic mass is 10.3. The number of halogens is 5. The van der Waals surface area contributed by atoms with Crippen LogP contribution in [-0.2, 0) is 22.7 Å². The molecule has 0 unspecified atom stereocenters. The third kappa shape index (κ3) is 4.43. The molecule has 2 aromatic rings. The molecule has 0 radical (unpaired) electrons. The molecule has 1 heterocycles. The highest BCUT2D eigenvalue weighted by molar-refractivity contribution is 7.89. The maximum absolute atomic E-state index is 13.0. The molecule has 0 atom stereocenters. The van der Waals surface area contributed by atoms with Gasteiger partial charge in [0.2, 0.25) is 10.0 Å². The molecule has 0 aliphatic carbocycles. The van der Waals surface area contributed by atoms with Crippen molar-refractivity contribution in [2.45, 2.75) is 17.6 Å².